The van der Waals surface area contributed by atoms with E-state index in [1.54, 1.807) is 6.07 Å². The summed E-state index contributed by atoms with van der Waals surface area (Å²) in [6, 6.07) is 13.0. The number of nitrogens with zero attached hydrogens (tertiary/aromatic N) is 1. The molecule has 0 N–H and O–H groups in total. The number of allylic oxidation sites excluding steroid dienone is 4. The molecule has 2 aliphatic rings. The first-order chi connectivity index (χ1) is 15.3. The van der Waals surface area contributed by atoms with Crippen LogP contribution in [0.3, 0.4) is 0 Å². The molecule has 1 heterocycles. The summed E-state index contributed by atoms with van der Waals surface area (Å²) >= 11 is 0. The number of benzene rings is 2. The third-order valence-electron chi connectivity index (χ3n) is 5.90. The van der Waals surface area contributed by atoms with Gasteiger partial charge in [-0.15, -0.1) is 0 Å². The predicted molar refractivity (Wildman–Crippen MR) is 123 cm³/mol. The van der Waals surface area contributed by atoms with E-state index in [2.05, 4.69) is 12.2 Å². The van der Waals surface area contributed by atoms with Gasteiger partial charge in [0.15, 0.2) is 9.84 Å². The Kier molecular flexibility index (Phi) is 6.67. The number of hydrogen-bond acceptors (Lipinski definition) is 5. The van der Waals surface area contributed by atoms with Crippen molar-refractivity contribution in [3.05, 3.63) is 84.0 Å². The van der Waals surface area contributed by atoms with Crippen LogP contribution in [-0.4, -0.2) is 40.0 Å². The maximum absolute atomic E-state index is 14.0. The lowest BCUT2D eigenvalue weighted by atomic mass is 9.93. The maximum Gasteiger partial charge on any atom is 0.245 e. The molecule has 1 aliphatic heterocycles. The van der Waals surface area contributed by atoms with Crippen molar-refractivity contribution >= 4 is 19.9 Å². The minimum Gasteiger partial charge on any atom is -0.375 e. The van der Waals surface area contributed by atoms with Gasteiger partial charge in [0.2, 0.25) is 10.0 Å². The van der Waals surface area contributed by atoms with Gasteiger partial charge in [-0.25, -0.2) is 16.8 Å². The lowest BCUT2D eigenvalue weighted by Gasteiger charge is -2.35. The Morgan fingerprint density at radius 3 is 2.31 bits per heavy atom. The third kappa shape index (κ3) is 4.88. The monoisotopic (exact) mass is 473 g/mol. The first-order valence-corrected chi connectivity index (χ1v) is 13.9. The van der Waals surface area contributed by atoms with Crippen LogP contribution in [0, 0.1) is 5.92 Å². The number of hydrogen-bond donors (Lipinski definition) is 0. The molecule has 0 radical (unpaired) electrons. The Labute approximate surface area is 190 Å². The highest BCUT2D eigenvalue weighted by atomic mass is 32.2. The van der Waals surface area contributed by atoms with E-state index in [4.69, 9.17) is 4.74 Å². The standard InChI is InChI=1S/C24H27NO5S2/c1-31(26,27)23-13-7-8-14-24(23)32(28,29)25-16-20-11-5-6-12-21(20)17-30-18-22(25)15-19-9-3-2-4-10-19/h2-9,11-14,19,22H,10,15-18H2,1H3. The van der Waals surface area contributed by atoms with Crippen molar-refractivity contribution in [2.45, 2.75) is 41.8 Å². The Balaban J connectivity index is 1.80. The SMILES string of the molecule is CS(=O)(=O)c1ccccc1S(=O)(=O)N1Cc2ccccc2COCC1CC1C=CC=CC1. The molecule has 0 bridgehead atoms. The van der Waals surface area contributed by atoms with Crippen molar-refractivity contribution < 1.29 is 21.6 Å². The van der Waals surface area contributed by atoms with Crippen molar-refractivity contribution in [3.63, 3.8) is 0 Å². The Bertz CT molecular complexity index is 1250. The van der Waals surface area contributed by atoms with E-state index in [1.807, 2.05) is 36.4 Å². The van der Waals surface area contributed by atoms with Gasteiger partial charge in [0.25, 0.3) is 0 Å². The quantitative estimate of drug-likeness (QED) is 0.661. The average Bonchev–Trinajstić information content (AvgIpc) is 2.76. The minimum absolute atomic E-state index is 0.164. The molecule has 8 heteroatoms. The Hall–Kier alpha value is -2.26. The molecular formula is C24H27NO5S2. The van der Waals surface area contributed by atoms with Gasteiger partial charge in [0, 0.05) is 18.8 Å². The first kappa shape index (κ1) is 22.9. The van der Waals surface area contributed by atoms with Crippen molar-refractivity contribution in [3.8, 4) is 0 Å². The Morgan fingerprint density at radius 1 is 0.938 bits per heavy atom. The van der Waals surface area contributed by atoms with E-state index in [-0.39, 0.29) is 28.9 Å². The molecule has 2 atom stereocenters. The number of ether oxygens (including phenoxy) is 1. The zero-order valence-electron chi connectivity index (χ0n) is 17.9. The summed E-state index contributed by atoms with van der Waals surface area (Å²) in [6.45, 7) is 0.820. The fourth-order valence-electron chi connectivity index (χ4n) is 4.26. The summed E-state index contributed by atoms with van der Waals surface area (Å²) in [5.74, 6) is 0.186. The molecule has 0 fully saturated rings. The van der Waals surface area contributed by atoms with Gasteiger partial charge in [-0.3, -0.25) is 0 Å². The van der Waals surface area contributed by atoms with Crippen molar-refractivity contribution in [2.75, 3.05) is 12.9 Å². The second-order valence-electron chi connectivity index (χ2n) is 8.25. The smallest absolute Gasteiger partial charge is 0.245 e. The molecule has 0 saturated heterocycles. The van der Waals surface area contributed by atoms with Crippen LogP contribution < -0.4 is 0 Å². The van der Waals surface area contributed by atoms with E-state index < -0.39 is 25.9 Å². The van der Waals surface area contributed by atoms with Crippen LogP contribution in [0.2, 0.25) is 0 Å². The zero-order chi connectivity index (χ0) is 22.8. The van der Waals surface area contributed by atoms with Crippen LogP contribution in [-0.2, 0) is 37.7 Å². The summed E-state index contributed by atoms with van der Waals surface area (Å²) in [7, 11) is -7.86. The zero-order valence-corrected chi connectivity index (χ0v) is 19.6. The summed E-state index contributed by atoms with van der Waals surface area (Å²) < 4.78 is 60.0. The van der Waals surface area contributed by atoms with Gasteiger partial charge in [-0.05, 0) is 42.0 Å². The Morgan fingerprint density at radius 2 is 1.62 bits per heavy atom. The number of sulfone groups is 1. The second-order valence-corrected chi connectivity index (χ2v) is 12.1. The van der Waals surface area contributed by atoms with Crippen LogP contribution in [0.15, 0.2) is 82.6 Å². The van der Waals surface area contributed by atoms with Crippen LogP contribution in [0.4, 0.5) is 0 Å². The summed E-state index contributed by atoms with van der Waals surface area (Å²) in [4.78, 5) is -0.375. The summed E-state index contributed by atoms with van der Waals surface area (Å²) in [5, 5.41) is 0. The van der Waals surface area contributed by atoms with E-state index >= 15 is 0 Å². The van der Waals surface area contributed by atoms with Crippen LogP contribution in [0.5, 0.6) is 0 Å². The minimum atomic E-state index is -4.13. The molecular weight excluding hydrogens is 446 g/mol. The average molecular weight is 474 g/mol. The lowest BCUT2D eigenvalue weighted by Crippen LogP contribution is -2.45. The van der Waals surface area contributed by atoms with Gasteiger partial charge in [-0.1, -0.05) is 60.7 Å². The molecule has 2 aromatic rings. The van der Waals surface area contributed by atoms with Gasteiger partial charge in [0.05, 0.1) is 18.1 Å². The van der Waals surface area contributed by atoms with E-state index in [0.717, 1.165) is 23.8 Å². The van der Waals surface area contributed by atoms with Gasteiger partial charge < -0.3 is 4.74 Å². The van der Waals surface area contributed by atoms with Gasteiger partial charge in [-0.2, -0.15) is 4.31 Å². The molecule has 1 aliphatic carbocycles. The number of fused-ring (bicyclic) bond motifs is 1. The number of sulfonamides is 1. The maximum atomic E-state index is 14.0. The van der Waals surface area contributed by atoms with Crippen LogP contribution >= 0.6 is 0 Å². The van der Waals surface area contributed by atoms with Gasteiger partial charge in [0.1, 0.15) is 4.90 Å². The van der Waals surface area contributed by atoms with Crippen LogP contribution in [0.25, 0.3) is 0 Å². The third-order valence-corrected chi connectivity index (χ3v) is 9.14. The first-order valence-electron chi connectivity index (χ1n) is 10.6. The molecule has 2 unspecified atom stereocenters. The molecule has 0 saturated carbocycles. The predicted octanol–water partition coefficient (Wildman–Crippen LogP) is 3.70. The fourth-order valence-corrected chi connectivity index (χ4v) is 7.46. The molecule has 0 amide bonds. The molecule has 0 aromatic heterocycles. The largest absolute Gasteiger partial charge is 0.375 e. The number of rotatable bonds is 5. The highest BCUT2D eigenvalue weighted by molar-refractivity contribution is 7.93. The molecule has 6 nitrogen and oxygen atoms in total. The summed E-state index contributed by atoms with van der Waals surface area (Å²) in [5.41, 5.74) is 1.79. The van der Waals surface area contributed by atoms with Crippen molar-refractivity contribution in [1.29, 1.82) is 0 Å². The van der Waals surface area contributed by atoms with Crippen molar-refractivity contribution in [2.24, 2.45) is 5.92 Å². The van der Waals surface area contributed by atoms with Crippen LogP contribution in [0.1, 0.15) is 24.0 Å². The second kappa shape index (κ2) is 9.31. The van der Waals surface area contributed by atoms with Gasteiger partial charge >= 0.3 is 0 Å². The van der Waals surface area contributed by atoms with Crippen molar-refractivity contribution in [1.82, 2.24) is 4.31 Å². The molecule has 32 heavy (non-hydrogen) atoms. The molecule has 0 spiro atoms. The lowest BCUT2D eigenvalue weighted by molar-refractivity contribution is 0.0604. The highest BCUT2D eigenvalue weighted by Gasteiger charge is 2.37. The van der Waals surface area contributed by atoms with E-state index in [9.17, 15) is 16.8 Å². The topological polar surface area (TPSA) is 80.8 Å². The highest BCUT2D eigenvalue weighted by Crippen LogP contribution is 2.32. The van der Waals surface area contributed by atoms with E-state index in [0.29, 0.717) is 13.0 Å². The normalized spacial score (nSPS) is 22.2. The molecule has 4 rings (SSSR count). The molecule has 170 valence electrons. The summed E-state index contributed by atoms with van der Waals surface area (Å²) in [6.07, 6.45) is 10.6. The van der Waals surface area contributed by atoms with E-state index in [1.165, 1.54) is 22.5 Å². The fraction of sp³-hybridized carbons (Fsp3) is 0.333. The molecule has 2 aromatic carbocycles.